The Morgan fingerprint density at radius 3 is 3.00 bits per heavy atom. The number of carbonyl (C=O) groups excluding carboxylic acids is 1. The summed E-state index contributed by atoms with van der Waals surface area (Å²) < 4.78 is 7.32. The Hall–Kier alpha value is -2.37. The minimum Gasteiger partial charge on any atom is -0.496 e. The molecule has 1 aromatic carbocycles. The van der Waals surface area contributed by atoms with Gasteiger partial charge in [0.15, 0.2) is 0 Å². The maximum absolute atomic E-state index is 12.9. The number of piperidine rings is 1. The lowest BCUT2D eigenvalue weighted by Gasteiger charge is -2.33. The van der Waals surface area contributed by atoms with Gasteiger partial charge in [0.05, 0.1) is 13.2 Å². The number of methoxy groups -OCH3 is 1. The number of amides is 1. The Bertz CT molecular complexity index is 716. The number of rotatable bonds is 4. The van der Waals surface area contributed by atoms with Gasteiger partial charge < -0.3 is 9.64 Å². The van der Waals surface area contributed by atoms with Gasteiger partial charge in [0.2, 0.25) is 5.91 Å². The summed E-state index contributed by atoms with van der Waals surface area (Å²) >= 11 is 0. The molecule has 1 aliphatic carbocycles. The summed E-state index contributed by atoms with van der Waals surface area (Å²) in [7, 11) is 1.69. The molecule has 1 aromatic heterocycles. The third-order valence-corrected chi connectivity index (χ3v) is 5.16. The van der Waals surface area contributed by atoms with Crippen LogP contribution in [0.2, 0.25) is 0 Å². The second kappa shape index (κ2) is 6.26. The zero-order valence-electron chi connectivity index (χ0n) is 13.8. The van der Waals surface area contributed by atoms with Gasteiger partial charge in [0.1, 0.15) is 18.4 Å². The second-order valence-corrected chi connectivity index (χ2v) is 6.65. The van der Waals surface area contributed by atoms with E-state index in [9.17, 15) is 4.79 Å². The molecule has 2 heterocycles. The van der Waals surface area contributed by atoms with Gasteiger partial charge in [0, 0.05) is 19.0 Å². The van der Waals surface area contributed by atoms with E-state index in [0.717, 1.165) is 43.7 Å². The molecule has 2 fully saturated rings. The molecule has 0 N–H and O–H groups in total. The first-order chi connectivity index (χ1) is 11.8. The van der Waals surface area contributed by atoms with E-state index in [1.165, 1.54) is 0 Å². The van der Waals surface area contributed by atoms with Crippen molar-refractivity contribution in [3.63, 3.8) is 0 Å². The highest BCUT2D eigenvalue weighted by molar-refractivity contribution is 5.83. The molecule has 0 spiro atoms. The van der Waals surface area contributed by atoms with Crippen molar-refractivity contribution < 1.29 is 9.53 Å². The molecule has 1 saturated heterocycles. The first-order valence-corrected chi connectivity index (χ1v) is 8.53. The maximum atomic E-state index is 12.9. The fourth-order valence-corrected chi connectivity index (χ4v) is 3.80. The van der Waals surface area contributed by atoms with Crippen molar-refractivity contribution in [1.29, 1.82) is 0 Å². The van der Waals surface area contributed by atoms with Crippen LogP contribution in [0.1, 0.15) is 36.8 Å². The van der Waals surface area contributed by atoms with Gasteiger partial charge in [0.25, 0.3) is 0 Å². The van der Waals surface area contributed by atoms with Crippen molar-refractivity contribution in [1.82, 2.24) is 19.7 Å². The normalized spacial score (nSPS) is 26.2. The van der Waals surface area contributed by atoms with Crippen LogP contribution in [0.4, 0.5) is 0 Å². The molecule has 2 aromatic rings. The van der Waals surface area contributed by atoms with E-state index < -0.39 is 0 Å². The number of likely N-dealkylation sites (tertiary alicyclic amines) is 1. The van der Waals surface area contributed by atoms with Crippen molar-refractivity contribution in [2.24, 2.45) is 5.92 Å². The SMILES string of the molecule is COc1ccccc1[C@@H]1C[C@H]1C(=O)N1CCC[C@@H](n2cncn2)C1. The summed E-state index contributed by atoms with van der Waals surface area (Å²) in [5.74, 6) is 1.55. The molecule has 0 unspecified atom stereocenters. The predicted molar refractivity (Wildman–Crippen MR) is 88.7 cm³/mol. The Kier molecular flexibility index (Phi) is 3.96. The number of benzene rings is 1. The molecule has 24 heavy (non-hydrogen) atoms. The number of ether oxygens (including phenoxy) is 1. The summed E-state index contributed by atoms with van der Waals surface area (Å²) in [6.07, 6.45) is 6.28. The summed E-state index contributed by atoms with van der Waals surface area (Å²) in [5.41, 5.74) is 1.16. The van der Waals surface area contributed by atoms with Crippen molar-refractivity contribution in [2.75, 3.05) is 20.2 Å². The van der Waals surface area contributed by atoms with Gasteiger partial charge in [-0.15, -0.1) is 0 Å². The lowest BCUT2D eigenvalue weighted by atomic mass is 10.0. The minimum atomic E-state index is 0.0933. The molecule has 1 amide bonds. The van der Waals surface area contributed by atoms with E-state index in [4.69, 9.17) is 4.74 Å². The van der Waals surface area contributed by atoms with Crippen LogP contribution in [-0.2, 0) is 4.79 Å². The van der Waals surface area contributed by atoms with Gasteiger partial charge in [-0.2, -0.15) is 5.10 Å². The van der Waals surface area contributed by atoms with Crippen LogP contribution in [-0.4, -0.2) is 45.8 Å². The Morgan fingerprint density at radius 2 is 2.21 bits per heavy atom. The number of hydrogen-bond acceptors (Lipinski definition) is 4. The highest BCUT2D eigenvalue weighted by Gasteiger charge is 2.47. The van der Waals surface area contributed by atoms with E-state index in [-0.39, 0.29) is 17.9 Å². The molecule has 6 nitrogen and oxygen atoms in total. The van der Waals surface area contributed by atoms with Crippen molar-refractivity contribution in [2.45, 2.75) is 31.2 Å². The predicted octanol–water partition coefficient (Wildman–Crippen LogP) is 2.25. The van der Waals surface area contributed by atoms with Gasteiger partial charge in [-0.05, 0) is 36.8 Å². The molecule has 4 rings (SSSR count). The minimum absolute atomic E-state index is 0.0933. The number of carbonyl (C=O) groups is 1. The van der Waals surface area contributed by atoms with Crippen molar-refractivity contribution in [3.8, 4) is 5.75 Å². The smallest absolute Gasteiger partial charge is 0.226 e. The standard InChI is InChI=1S/C18H22N4O2/c1-24-17-7-3-2-6-14(17)15-9-16(15)18(23)21-8-4-5-13(10-21)22-12-19-11-20-22/h2-3,6-7,11-13,15-16H,4-5,8-10H2,1H3/t13-,15+,16-/m1/s1. The van der Waals surface area contributed by atoms with E-state index >= 15 is 0 Å². The fourth-order valence-electron chi connectivity index (χ4n) is 3.80. The summed E-state index contributed by atoms with van der Waals surface area (Å²) in [4.78, 5) is 18.9. The quantitative estimate of drug-likeness (QED) is 0.865. The highest BCUT2D eigenvalue weighted by Crippen LogP contribution is 2.51. The molecule has 6 heteroatoms. The first-order valence-electron chi connectivity index (χ1n) is 8.53. The molecule has 3 atom stereocenters. The van der Waals surface area contributed by atoms with Crippen LogP contribution >= 0.6 is 0 Å². The lowest BCUT2D eigenvalue weighted by molar-refractivity contribution is -0.134. The van der Waals surface area contributed by atoms with Gasteiger partial charge in [-0.3, -0.25) is 4.79 Å². The second-order valence-electron chi connectivity index (χ2n) is 6.65. The van der Waals surface area contributed by atoms with Crippen LogP contribution in [0.3, 0.4) is 0 Å². The monoisotopic (exact) mass is 326 g/mol. The van der Waals surface area contributed by atoms with Gasteiger partial charge in [-0.25, -0.2) is 9.67 Å². The third-order valence-electron chi connectivity index (χ3n) is 5.16. The molecule has 0 radical (unpaired) electrons. The summed E-state index contributed by atoms with van der Waals surface area (Å²) in [5, 5.41) is 4.23. The molecule has 126 valence electrons. The Labute approximate surface area is 141 Å². The number of para-hydroxylation sites is 1. The van der Waals surface area contributed by atoms with E-state index in [1.807, 2.05) is 27.8 Å². The van der Waals surface area contributed by atoms with E-state index in [1.54, 1.807) is 19.8 Å². The highest BCUT2D eigenvalue weighted by atomic mass is 16.5. The van der Waals surface area contributed by atoms with Crippen LogP contribution < -0.4 is 4.74 Å². The van der Waals surface area contributed by atoms with Crippen LogP contribution in [0, 0.1) is 5.92 Å². The van der Waals surface area contributed by atoms with Crippen LogP contribution in [0.5, 0.6) is 5.75 Å². The van der Waals surface area contributed by atoms with Crippen LogP contribution in [0.25, 0.3) is 0 Å². The Morgan fingerprint density at radius 1 is 1.33 bits per heavy atom. The van der Waals surface area contributed by atoms with E-state index in [0.29, 0.717) is 5.92 Å². The average Bonchev–Trinajstić information content (AvgIpc) is 3.24. The topological polar surface area (TPSA) is 60.2 Å². The fraction of sp³-hybridized carbons (Fsp3) is 0.500. The molecule has 1 aliphatic heterocycles. The van der Waals surface area contributed by atoms with Crippen molar-refractivity contribution in [3.05, 3.63) is 42.5 Å². The van der Waals surface area contributed by atoms with Gasteiger partial charge in [-0.1, -0.05) is 18.2 Å². The number of nitrogens with zero attached hydrogens (tertiary/aromatic N) is 4. The maximum Gasteiger partial charge on any atom is 0.226 e. The summed E-state index contributed by atoms with van der Waals surface area (Å²) in [6.45, 7) is 1.58. The number of hydrogen-bond donors (Lipinski definition) is 0. The number of aromatic nitrogens is 3. The first kappa shape index (κ1) is 15.2. The van der Waals surface area contributed by atoms with Gasteiger partial charge >= 0.3 is 0 Å². The van der Waals surface area contributed by atoms with E-state index in [2.05, 4.69) is 16.1 Å². The van der Waals surface area contributed by atoms with Crippen LogP contribution in [0.15, 0.2) is 36.9 Å². The average molecular weight is 326 g/mol. The molecule has 1 saturated carbocycles. The lowest BCUT2D eigenvalue weighted by Crippen LogP contribution is -2.41. The summed E-state index contributed by atoms with van der Waals surface area (Å²) in [6, 6.07) is 8.27. The molecule has 2 aliphatic rings. The molecule has 0 bridgehead atoms. The largest absolute Gasteiger partial charge is 0.496 e. The molecular weight excluding hydrogens is 304 g/mol. The third kappa shape index (κ3) is 2.77. The zero-order chi connectivity index (χ0) is 16.5. The zero-order valence-corrected chi connectivity index (χ0v) is 13.8. The Balaban J connectivity index is 1.43. The molecular formula is C18H22N4O2. The van der Waals surface area contributed by atoms with Crippen molar-refractivity contribution >= 4 is 5.91 Å².